The average Bonchev–Trinajstić information content (AvgIpc) is 2.86. The Morgan fingerprint density at radius 1 is 1.30 bits per heavy atom. The number of nitrogen functional groups attached to an aromatic ring is 1. The second-order valence-corrected chi connectivity index (χ2v) is 4.61. The lowest BCUT2D eigenvalue weighted by molar-refractivity contribution is 0.102. The maximum atomic E-state index is 11.9. The van der Waals surface area contributed by atoms with E-state index in [1.807, 2.05) is 0 Å². The van der Waals surface area contributed by atoms with Crippen molar-refractivity contribution in [3.63, 3.8) is 0 Å². The summed E-state index contributed by atoms with van der Waals surface area (Å²) in [7, 11) is 1.27. The number of thiazole rings is 1. The third-order valence-electron chi connectivity index (χ3n) is 2.31. The molecule has 2 rings (SSSR count). The van der Waals surface area contributed by atoms with Crippen molar-refractivity contribution in [3.05, 3.63) is 35.3 Å². The number of nitrogens with one attached hydrogen (secondary N) is 2. The smallest absolute Gasteiger partial charge is 0.411 e. The standard InChI is InChI=1S/C12H12N4O3S/c1-19-12(18)15-8-4-2-3-7(5-8)14-10(17)9-6-20-11(13)16-9/h2-6H,1H3,(H2,13,16)(H,14,17)(H,15,18). The number of aromatic nitrogens is 1. The minimum absolute atomic E-state index is 0.249. The van der Waals surface area contributed by atoms with Crippen molar-refractivity contribution < 1.29 is 14.3 Å². The Balaban J connectivity index is 2.08. The number of carbonyl (C=O) groups excluding carboxylic acids is 2. The minimum atomic E-state index is -0.583. The van der Waals surface area contributed by atoms with Crippen LogP contribution in [0.4, 0.5) is 21.3 Å². The molecule has 0 atom stereocenters. The number of benzene rings is 1. The SMILES string of the molecule is COC(=O)Nc1cccc(NC(=O)c2csc(N)n2)c1. The van der Waals surface area contributed by atoms with Gasteiger partial charge in [0.2, 0.25) is 0 Å². The van der Waals surface area contributed by atoms with Gasteiger partial charge in [0.15, 0.2) is 5.13 Å². The van der Waals surface area contributed by atoms with E-state index >= 15 is 0 Å². The van der Waals surface area contributed by atoms with Crippen LogP contribution in [-0.2, 0) is 4.74 Å². The van der Waals surface area contributed by atoms with Crippen molar-refractivity contribution in [1.82, 2.24) is 4.98 Å². The van der Waals surface area contributed by atoms with Crippen LogP contribution in [0.15, 0.2) is 29.6 Å². The van der Waals surface area contributed by atoms with E-state index in [2.05, 4.69) is 20.4 Å². The molecule has 104 valence electrons. The molecule has 1 aromatic heterocycles. The quantitative estimate of drug-likeness (QED) is 0.803. The molecule has 8 heteroatoms. The molecule has 0 spiro atoms. The molecular weight excluding hydrogens is 280 g/mol. The number of amides is 2. The summed E-state index contributed by atoms with van der Waals surface area (Å²) in [6.45, 7) is 0. The van der Waals surface area contributed by atoms with Gasteiger partial charge in [0.1, 0.15) is 5.69 Å². The summed E-state index contributed by atoms with van der Waals surface area (Å²) in [6, 6.07) is 6.66. The van der Waals surface area contributed by atoms with Gasteiger partial charge in [-0.25, -0.2) is 9.78 Å². The number of nitrogens with two attached hydrogens (primary N) is 1. The Labute approximate surface area is 118 Å². The van der Waals surface area contributed by atoms with E-state index in [1.165, 1.54) is 18.4 Å². The Morgan fingerprint density at radius 2 is 2.00 bits per heavy atom. The van der Waals surface area contributed by atoms with Gasteiger partial charge in [-0.15, -0.1) is 11.3 Å². The molecule has 1 heterocycles. The lowest BCUT2D eigenvalue weighted by atomic mass is 10.2. The maximum absolute atomic E-state index is 11.9. The van der Waals surface area contributed by atoms with E-state index in [9.17, 15) is 9.59 Å². The number of ether oxygens (including phenoxy) is 1. The first-order valence-corrected chi connectivity index (χ1v) is 6.44. The van der Waals surface area contributed by atoms with Crippen molar-refractivity contribution in [3.8, 4) is 0 Å². The predicted octanol–water partition coefficient (Wildman–Crippen LogP) is 2.16. The van der Waals surface area contributed by atoms with E-state index in [4.69, 9.17) is 5.73 Å². The van der Waals surface area contributed by atoms with Crippen molar-refractivity contribution in [2.24, 2.45) is 0 Å². The molecule has 0 fully saturated rings. The summed E-state index contributed by atoms with van der Waals surface area (Å²) in [5, 5.41) is 7.06. The second-order valence-electron chi connectivity index (χ2n) is 3.72. The number of hydrogen-bond acceptors (Lipinski definition) is 6. The molecule has 0 bridgehead atoms. The predicted molar refractivity (Wildman–Crippen MR) is 76.9 cm³/mol. The van der Waals surface area contributed by atoms with Crippen molar-refractivity contribution >= 4 is 39.8 Å². The topological polar surface area (TPSA) is 106 Å². The highest BCUT2D eigenvalue weighted by Crippen LogP contribution is 2.17. The van der Waals surface area contributed by atoms with Gasteiger partial charge in [-0.05, 0) is 18.2 Å². The Kier molecular flexibility index (Phi) is 4.16. The van der Waals surface area contributed by atoms with Gasteiger partial charge in [0.25, 0.3) is 5.91 Å². The Hall–Kier alpha value is -2.61. The molecule has 0 unspecified atom stereocenters. The number of rotatable bonds is 3. The number of nitrogens with zero attached hydrogens (tertiary/aromatic N) is 1. The fourth-order valence-electron chi connectivity index (χ4n) is 1.43. The number of anilines is 3. The fraction of sp³-hybridized carbons (Fsp3) is 0.0833. The molecule has 0 saturated heterocycles. The highest BCUT2D eigenvalue weighted by molar-refractivity contribution is 7.13. The van der Waals surface area contributed by atoms with Crippen LogP contribution in [0.3, 0.4) is 0 Å². The van der Waals surface area contributed by atoms with E-state index in [0.29, 0.717) is 16.5 Å². The second kappa shape index (κ2) is 6.02. The molecule has 0 radical (unpaired) electrons. The van der Waals surface area contributed by atoms with Crippen LogP contribution in [-0.4, -0.2) is 24.1 Å². The van der Waals surface area contributed by atoms with Crippen molar-refractivity contribution in [1.29, 1.82) is 0 Å². The van der Waals surface area contributed by atoms with E-state index in [0.717, 1.165) is 0 Å². The molecular formula is C12H12N4O3S. The number of carbonyl (C=O) groups is 2. The van der Waals surface area contributed by atoms with Crippen LogP contribution < -0.4 is 16.4 Å². The number of hydrogen-bond donors (Lipinski definition) is 3. The molecule has 0 aliphatic rings. The van der Waals surface area contributed by atoms with Crippen molar-refractivity contribution in [2.45, 2.75) is 0 Å². The summed E-state index contributed by atoms with van der Waals surface area (Å²) < 4.78 is 4.49. The van der Waals surface area contributed by atoms with Crippen molar-refractivity contribution in [2.75, 3.05) is 23.5 Å². The van der Waals surface area contributed by atoms with Gasteiger partial charge in [0.05, 0.1) is 7.11 Å². The van der Waals surface area contributed by atoms with Gasteiger partial charge in [-0.3, -0.25) is 10.1 Å². The lowest BCUT2D eigenvalue weighted by Gasteiger charge is -2.07. The zero-order chi connectivity index (χ0) is 14.5. The van der Waals surface area contributed by atoms with Crippen LogP contribution in [0.1, 0.15) is 10.5 Å². The fourth-order valence-corrected chi connectivity index (χ4v) is 1.97. The molecule has 2 aromatic rings. The van der Waals surface area contributed by atoms with Crippen LogP contribution in [0.25, 0.3) is 0 Å². The first kappa shape index (κ1) is 13.8. The Bertz CT molecular complexity index is 641. The Morgan fingerprint density at radius 3 is 2.60 bits per heavy atom. The van der Waals surface area contributed by atoms with Crippen LogP contribution in [0.2, 0.25) is 0 Å². The van der Waals surface area contributed by atoms with Crippen LogP contribution >= 0.6 is 11.3 Å². The summed E-state index contributed by atoms with van der Waals surface area (Å²) in [5.41, 5.74) is 6.75. The first-order chi connectivity index (χ1) is 9.58. The summed E-state index contributed by atoms with van der Waals surface area (Å²) in [4.78, 5) is 26.9. The molecule has 2 amide bonds. The normalized spacial score (nSPS) is 9.85. The highest BCUT2D eigenvalue weighted by atomic mass is 32.1. The van der Waals surface area contributed by atoms with Crippen LogP contribution in [0.5, 0.6) is 0 Å². The lowest BCUT2D eigenvalue weighted by Crippen LogP contribution is -2.14. The molecule has 4 N–H and O–H groups in total. The minimum Gasteiger partial charge on any atom is -0.453 e. The molecule has 7 nitrogen and oxygen atoms in total. The third-order valence-corrected chi connectivity index (χ3v) is 2.98. The third kappa shape index (κ3) is 3.45. The van der Waals surface area contributed by atoms with Gasteiger partial charge in [-0.2, -0.15) is 0 Å². The highest BCUT2D eigenvalue weighted by Gasteiger charge is 2.10. The summed E-state index contributed by atoms with van der Waals surface area (Å²) >= 11 is 1.19. The molecule has 1 aromatic carbocycles. The van der Waals surface area contributed by atoms with Gasteiger partial charge >= 0.3 is 6.09 Å². The van der Waals surface area contributed by atoms with Gasteiger partial charge in [-0.1, -0.05) is 6.07 Å². The first-order valence-electron chi connectivity index (χ1n) is 5.56. The largest absolute Gasteiger partial charge is 0.453 e. The maximum Gasteiger partial charge on any atom is 0.411 e. The molecule has 0 saturated carbocycles. The van der Waals surface area contributed by atoms with E-state index < -0.39 is 6.09 Å². The van der Waals surface area contributed by atoms with Gasteiger partial charge < -0.3 is 15.8 Å². The average molecular weight is 292 g/mol. The molecule has 20 heavy (non-hydrogen) atoms. The van der Waals surface area contributed by atoms with E-state index in [1.54, 1.807) is 29.6 Å². The number of methoxy groups -OCH3 is 1. The van der Waals surface area contributed by atoms with E-state index in [-0.39, 0.29) is 11.6 Å². The molecule has 0 aliphatic heterocycles. The summed E-state index contributed by atoms with van der Waals surface area (Å²) in [5.74, 6) is -0.367. The van der Waals surface area contributed by atoms with Gasteiger partial charge in [0, 0.05) is 16.8 Å². The zero-order valence-corrected chi connectivity index (χ0v) is 11.4. The summed E-state index contributed by atoms with van der Waals surface area (Å²) in [6.07, 6.45) is -0.583. The molecule has 0 aliphatic carbocycles. The monoisotopic (exact) mass is 292 g/mol. The van der Waals surface area contributed by atoms with Crippen LogP contribution in [0, 0.1) is 0 Å². The zero-order valence-electron chi connectivity index (χ0n) is 10.5.